The van der Waals surface area contributed by atoms with Crippen molar-refractivity contribution >= 4 is 30.0 Å². The minimum absolute atomic E-state index is 0.0856. The number of carboxylic acid groups (broad SMARTS) is 1. The lowest BCUT2D eigenvalue weighted by atomic mass is 9.97. The van der Waals surface area contributed by atoms with Gasteiger partial charge in [-0.2, -0.15) is 0 Å². The van der Waals surface area contributed by atoms with Crippen molar-refractivity contribution in [3.8, 4) is 0 Å². The van der Waals surface area contributed by atoms with Crippen LogP contribution in [0.25, 0.3) is 0 Å². The lowest BCUT2D eigenvalue weighted by molar-refractivity contribution is -0.144. The number of allylic oxidation sites excluding steroid dienone is 1. The second-order valence-corrected chi connectivity index (χ2v) is 10.5. The number of nitrogens with one attached hydrogen (secondary N) is 3. The molecule has 1 aliphatic carbocycles. The number of likely N-dealkylation sites (N-methyl/N-ethyl adjacent to an activating group) is 1. The first-order valence-electron chi connectivity index (χ1n) is 14.0. The van der Waals surface area contributed by atoms with Crippen molar-refractivity contribution in [3.05, 3.63) is 12.2 Å². The highest BCUT2D eigenvalue weighted by molar-refractivity contribution is 5.92. The average molecular weight is 537 g/mol. The molecule has 0 aromatic carbocycles. The van der Waals surface area contributed by atoms with Crippen molar-refractivity contribution in [1.82, 2.24) is 20.9 Å². The van der Waals surface area contributed by atoms with Gasteiger partial charge < -0.3 is 26.0 Å². The highest BCUT2D eigenvalue weighted by Crippen LogP contribution is 2.32. The van der Waals surface area contributed by atoms with Crippen LogP contribution in [0.4, 0.5) is 0 Å². The summed E-state index contributed by atoms with van der Waals surface area (Å²) in [4.78, 5) is 59.5. The van der Waals surface area contributed by atoms with E-state index in [1.54, 1.807) is 6.92 Å². The summed E-state index contributed by atoms with van der Waals surface area (Å²) in [7, 11) is 1.87. The summed E-state index contributed by atoms with van der Waals surface area (Å²) in [6, 6.07) is -1.67. The zero-order valence-corrected chi connectivity index (χ0v) is 23.7. The molecule has 4 N–H and O–H groups in total. The number of rotatable bonds is 16. The maximum atomic E-state index is 12.6. The van der Waals surface area contributed by atoms with E-state index in [2.05, 4.69) is 36.7 Å². The van der Waals surface area contributed by atoms with E-state index in [1.165, 1.54) is 4.90 Å². The number of Topliss-reactive ketones (excluding diaryl/α,β-unsaturated/α-hetero) is 1. The standard InChI is InChI=1S/C19H31N3O5.C9H17NO/c1-3-4-5-6-7-9-14(2)17(19(26)27)21-18(25)15-10-8-11-22(15)16(24)12-20-13-23;1-6(2)8(10-3)9(11)7-4-5-7/h7,9,13-15,17H,3-6,8,10-12H2,1-2H3,(H,20,23)(H,21,25)(H,26,27);6-8,10H,4-5H2,1-3H3/b9-7-;/t14?,15-,17?;/m0./s1. The van der Waals surface area contributed by atoms with Crippen LogP contribution in [0.5, 0.6) is 0 Å². The molecule has 1 saturated carbocycles. The van der Waals surface area contributed by atoms with E-state index in [4.69, 9.17) is 0 Å². The van der Waals surface area contributed by atoms with Crippen molar-refractivity contribution in [3.63, 3.8) is 0 Å². The highest BCUT2D eigenvalue weighted by Gasteiger charge is 2.37. The molecule has 10 heteroatoms. The summed E-state index contributed by atoms with van der Waals surface area (Å²) in [5, 5.41) is 17.4. The topological polar surface area (TPSA) is 145 Å². The summed E-state index contributed by atoms with van der Waals surface area (Å²) >= 11 is 0. The number of aliphatic carboxylic acids is 1. The van der Waals surface area contributed by atoms with E-state index >= 15 is 0 Å². The molecule has 2 rings (SSSR count). The molecule has 4 atom stereocenters. The van der Waals surface area contributed by atoms with E-state index in [0.29, 0.717) is 43.4 Å². The Hall–Kier alpha value is -2.75. The smallest absolute Gasteiger partial charge is 0.326 e. The van der Waals surface area contributed by atoms with Crippen LogP contribution < -0.4 is 16.0 Å². The third-order valence-corrected chi connectivity index (χ3v) is 6.98. The fourth-order valence-electron chi connectivity index (χ4n) is 4.60. The van der Waals surface area contributed by atoms with E-state index in [1.807, 2.05) is 19.2 Å². The van der Waals surface area contributed by atoms with Gasteiger partial charge >= 0.3 is 5.97 Å². The zero-order valence-electron chi connectivity index (χ0n) is 23.7. The van der Waals surface area contributed by atoms with Gasteiger partial charge in [-0.25, -0.2) is 4.79 Å². The Balaban J connectivity index is 0.000000544. The van der Waals surface area contributed by atoms with Crippen LogP contribution in [0.1, 0.15) is 79.1 Å². The molecular formula is C28H48N4O6. The molecule has 3 amide bonds. The largest absolute Gasteiger partial charge is 0.480 e. The van der Waals surface area contributed by atoms with E-state index in [-0.39, 0.29) is 24.4 Å². The fourth-order valence-corrected chi connectivity index (χ4v) is 4.60. The molecule has 0 aromatic heterocycles. The molecule has 0 aromatic rings. The molecule has 216 valence electrons. The first-order valence-corrected chi connectivity index (χ1v) is 14.0. The van der Waals surface area contributed by atoms with Gasteiger partial charge in [0.05, 0.1) is 12.6 Å². The summed E-state index contributed by atoms with van der Waals surface area (Å²) in [5.41, 5.74) is 0. The number of hydrogen-bond acceptors (Lipinski definition) is 6. The van der Waals surface area contributed by atoms with Gasteiger partial charge in [0.15, 0.2) is 5.78 Å². The number of carbonyl (C=O) groups is 5. The van der Waals surface area contributed by atoms with Gasteiger partial charge in [0.25, 0.3) is 0 Å². The molecule has 1 saturated heterocycles. The molecule has 10 nitrogen and oxygen atoms in total. The molecule has 2 aliphatic rings. The van der Waals surface area contributed by atoms with Gasteiger partial charge in [-0.1, -0.05) is 52.7 Å². The van der Waals surface area contributed by atoms with Gasteiger partial charge in [-0.3, -0.25) is 19.2 Å². The molecule has 1 aliphatic heterocycles. The van der Waals surface area contributed by atoms with Crippen molar-refractivity contribution in [2.45, 2.75) is 97.2 Å². The predicted molar refractivity (Wildman–Crippen MR) is 146 cm³/mol. The fraction of sp³-hybridized carbons (Fsp3) is 0.750. The van der Waals surface area contributed by atoms with Crippen LogP contribution in [0.2, 0.25) is 0 Å². The molecule has 3 unspecified atom stereocenters. The highest BCUT2D eigenvalue weighted by atomic mass is 16.4. The number of amides is 3. The van der Waals surface area contributed by atoms with Crippen LogP contribution in [0.3, 0.4) is 0 Å². The normalized spacial score (nSPS) is 19.3. The maximum Gasteiger partial charge on any atom is 0.326 e. The summed E-state index contributed by atoms with van der Waals surface area (Å²) in [6.07, 6.45) is 11.8. The van der Waals surface area contributed by atoms with Crippen LogP contribution in [-0.4, -0.2) is 78.2 Å². The van der Waals surface area contributed by atoms with Gasteiger partial charge in [0.1, 0.15) is 12.1 Å². The Morgan fingerprint density at radius 1 is 1.05 bits per heavy atom. The Morgan fingerprint density at radius 2 is 1.74 bits per heavy atom. The first kappa shape index (κ1) is 33.3. The Kier molecular flexibility index (Phi) is 15.5. The Bertz CT molecular complexity index is 811. The average Bonchev–Trinajstić information content (AvgIpc) is 3.61. The lowest BCUT2D eigenvalue weighted by Gasteiger charge is -2.26. The number of nitrogens with zero attached hydrogens (tertiary/aromatic N) is 1. The molecular weight excluding hydrogens is 488 g/mol. The van der Waals surface area contributed by atoms with Crippen molar-refractivity contribution in [2.75, 3.05) is 20.1 Å². The molecule has 0 spiro atoms. The first-order chi connectivity index (χ1) is 18.1. The van der Waals surface area contributed by atoms with Crippen LogP contribution in [-0.2, 0) is 24.0 Å². The lowest BCUT2D eigenvalue weighted by Crippen LogP contribution is -2.53. The van der Waals surface area contributed by atoms with Crippen molar-refractivity contribution < 1.29 is 29.1 Å². The SMILES string of the molecule is CCCCC/C=C\C(C)C(NC(=O)[C@@H]1CCCN1C(=O)CNC=O)C(=O)O.CNC(C(=O)C1CC1)C(C)C. The monoisotopic (exact) mass is 536 g/mol. The van der Waals surface area contributed by atoms with Crippen LogP contribution in [0, 0.1) is 17.8 Å². The molecule has 2 fully saturated rings. The van der Waals surface area contributed by atoms with E-state index in [9.17, 15) is 29.1 Å². The van der Waals surface area contributed by atoms with Crippen molar-refractivity contribution in [2.24, 2.45) is 17.8 Å². The van der Waals surface area contributed by atoms with Gasteiger partial charge in [0.2, 0.25) is 18.2 Å². The summed E-state index contributed by atoms with van der Waals surface area (Å²) in [5.74, 6) is -1.06. The number of unbranched alkanes of at least 4 members (excludes halogenated alkanes) is 3. The minimum atomic E-state index is -1.10. The van der Waals surface area contributed by atoms with E-state index in [0.717, 1.165) is 38.5 Å². The third-order valence-electron chi connectivity index (χ3n) is 6.98. The van der Waals surface area contributed by atoms with Crippen LogP contribution >= 0.6 is 0 Å². The Labute approximate surface area is 227 Å². The maximum absolute atomic E-state index is 12.6. The Morgan fingerprint density at radius 3 is 2.26 bits per heavy atom. The molecule has 1 heterocycles. The number of likely N-dealkylation sites (tertiary alicyclic amines) is 1. The van der Waals surface area contributed by atoms with Gasteiger partial charge in [-0.05, 0) is 51.5 Å². The number of ketones is 1. The second-order valence-electron chi connectivity index (χ2n) is 10.5. The molecule has 38 heavy (non-hydrogen) atoms. The summed E-state index contributed by atoms with van der Waals surface area (Å²) in [6.45, 7) is 8.28. The quantitative estimate of drug-likeness (QED) is 0.135. The molecule has 0 bridgehead atoms. The van der Waals surface area contributed by atoms with Crippen LogP contribution in [0.15, 0.2) is 12.2 Å². The third kappa shape index (κ3) is 11.3. The minimum Gasteiger partial charge on any atom is -0.480 e. The number of hydrogen-bond donors (Lipinski definition) is 4. The number of carboxylic acids is 1. The van der Waals surface area contributed by atoms with Crippen molar-refractivity contribution in [1.29, 1.82) is 0 Å². The van der Waals surface area contributed by atoms with E-state index < -0.39 is 24.0 Å². The number of carbonyl (C=O) groups excluding carboxylic acids is 4. The van der Waals surface area contributed by atoms with Gasteiger partial charge in [-0.15, -0.1) is 0 Å². The zero-order chi connectivity index (χ0) is 28.7. The summed E-state index contributed by atoms with van der Waals surface area (Å²) < 4.78 is 0. The predicted octanol–water partition coefficient (Wildman–Crippen LogP) is 2.27. The second kappa shape index (κ2) is 17.7. The molecule has 0 radical (unpaired) electrons. The van der Waals surface area contributed by atoms with Gasteiger partial charge in [0, 0.05) is 18.4 Å².